The second-order valence-corrected chi connectivity index (χ2v) is 8.47. The zero-order valence-electron chi connectivity index (χ0n) is 18.0. The third kappa shape index (κ3) is 4.53. The molecule has 1 aromatic carbocycles. The van der Waals surface area contributed by atoms with Gasteiger partial charge in [0.1, 0.15) is 0 Å². The quantitative estimate of drug-likeness (QED) is 0.344. The van der Waals surface area contributed by atoms with E-state index in [1.54, 1.807) is 30.7 Å². The van der Waals surface area contributed by atoms with E-state index in [2.05, 4.69) is 20.6 Å². The number of amides is 1. The predicted molar refractivity (Wildman–Crippen MR) is 129 cm³/mol. The number of pyridine rings is 1. The number of nitrogens with zero attached hydrogens (tertiary/aromatic N) is 4. The van der Waals surface area contributed by atoms with Gasteiger partial charge in [0.25, 0.3) is 5.91 Å². The molecule has 33 heavy (non-hydrogen) atoms. The SMILES string of the molecule is NCCCNc1nc(-c2ccncc2)cn2c(-c3ccc(C(=O)NC4CC4)c(Cl)c3)cnc12. The summed E-state index contributed by atoms with van der Waals surface area (Å²) in [5.74, 6) is 0.540. The summed E-state index contributed by atoms with van der Waals surface area (Å²) in [4.78, 5) is 26.0. The first kappa shape index (κ1) is 21.4. The van der Waals surface area contributed by atoms with Crippen molar-refractivity contribution < 1.29 is 4.79 Å². The smallest absolute Gasteiger partial charge is 0.253 e. The number of carbonyl (C=O) groups excluding carboxylic acids is 1. The molecule has 3 aromatic heterocycles. The predicted octanol–water partition coefficient (Wildman–Crippen LogP) is 3.76. The van der Waals surface area contributed by atoms with E-state index in [1.165, 1.54) is 0 Å². The lowest BCUT2D eigenvalue weighted by Gasteiger charge is -2.12. The second-order valence-electron chi connectivity index (χ2n) is 8.06. The maximum Gasteiger partial charge on any atom is 0.253 e. The van der Waals surface area contributed by atoms with Crippen LogP contribution in [0.25, 0.3) is 28.2 Å². The molecule has 0 radical (unpaired) electrons. The monoisotopic (exact) mass is 461 g/mol. The summed E-state index contributed by atoms with van der Waals surface area (Å²) >= 11 is 6.51. The normalized spacial score (nSPS) is 13.3. The standard InChI is InChI=1S/C24H24ClN7O/c25-19-12-16(2-5-18(19)24(33)30-17-3-4-17)21-13-29-23-22(28-9-1-8-26)31-20(14-32(21)23)15-6-10-27-11-7-15/h2,5-7,10-14,17H,1,3-4,8-9,26H2,(H,28,31)(H,30,33). The molecule has 1 aliphatic carbocycles. The lowest BCUT2D eigenvalue weighted by molar-refractivity contribution is 0.0951. The van der Waals surface area contributed by atoms with Crippen molar-refractivity contribution in [3.63, 3.8) is 0 Å². The number of benzene rings is 1. The van der Waals surface area contributed by atoms with Crippen LogP contribution in [-0.4, -0.2) is 44.4 Å². The lowest BCUT2D eigenvalue weighted by Crippen LogP contribution is -2.25. The fourth-order valence-corrected chi connectivity index (χ4v) is 3.91. The summed E-state index contributed by atoms with van der Waals surface area (Å²) in [6, 6.07) is 9.57. The Morgan fingerprint density at radius 3 is 2.73 bits per heavy atom. The van der Waals surface area contributed by atoms with E-state index in [9.17, 15) is 4.79 Å². The Labute approximate surface area is 196 Å². The topological polar surface area (TPSA) is 110 Å². The summed E-state index contributed by atoms with van der Waals surface area (Å²) in [6.45, 7) is 1.28. The molecule has 4 aromatic rings. The number of fused-ring (bicyclic) bond motifs is 1. The van der Waals surface area contributed by atoms with Crippen LogP contribution in [0.3, 0.4) is 0 Å². The van der Waals surface area contributed by atoms with Crippen LogP contribution >= 0.6 is 11.6 Å². The maximum atomic E-state index is 12.5. The van der Waals surface area contributed by atoms with Crippen LogP contribution in [0.1, 0.15) is 29.6 Å². The Morgan fingerprint density at radius 2 is 2.00 bits per heavy atom. The van der Waals surface area contributed by atoms with E-state index in [0.29, 0.717) is 35.1 Å². The molecular formula is C24H24ClN7O. The number of imidazole rings is 1. The number of hydrogen-bond donors (Lipinski definition) is 3. The largest absolute Gasteiger partial charge is 0.367 e. The minimum absolute atomic E-state index is 0.136. The number of nitrogens with one attached hydrogen (secondary N) is 2. The zero-order valence-corrected chi connectivity index (χ0v) is 18.7. The first-order valence-electron chi connectivity index (χ1n) is 11.0. The summed E-state index contributed by atoms with van der Waals surface area (Å²) in [5, 5.41) is 6.74. The van der Waals surface area contributed by atoms with Gasteiger partial charge in [-0.3, -0.25) is 14.2 Å². The Hall–Kier alpha value is -3.49. The van der Waals surface area contributed by atoms with Gasteiger partial charge in [0.2, 0.25) is 0 Å². The molecule has 1 saturated carbocycles. The van der Waals surface area contributed by atoms with E-state index in [1.807, 2.05) is 28.8 Å². The van der Waals surface area contributed by atoms with Crippen molar-refractivity contribution >= 4 is 29.0 Å². The number of aromatic nitrogens is 4. The molecule has 0 saturated heterocycles. The van der Waals surface area contributed by atoms with Gasteiger partial charge in [-0.15, -0.1) is 0 Å². The maximum absolute atomic E-state index is 12.5. The van der Waals surface area contributed by atoms with E-state index >= 15 is 0 Å². The molecule has 168 valence electrons. The molecule has 4 N–H and O–H groups in total. The first-order chi connectivity index (χ1) is 16.1. The third-order valence-corrected chi connectivity index (χ3v) is 5.88. The summed E-state index contributed by atoms with van der Waals surface area (Å²) in [6.07, 6.45) is 10.1. The minimum Gasteiger partial charge on any atom is -0.367 e. The second kappa shape index (κ2) is 9.17. The minimum atomic E-state index is -0.136. The van der Waals surface area contributed by atoms with Gasteiger partial charge in [-0.25, -0.2) is 9.97 Å². The van der Waals surface area contributed by atoms with Gasteiger partial charge in [0, 0.05) is 42.3 Å². The zero-order chi connectivity index (χ0) is 22.8. The van der Waals surface area contributed by atoms with Crippen LogP contribution in [0.2, 0.25) is 5.02 Å². The van der Waals surface area contributed by atoms with Crippen LogP contribution < -0.4 is 16.4 Å². The Bertz CT molecular complexity index is 1300. The molecule has 0 spiro atoms. The van der Waals surface area contributed by atoms with Crippen molar-refractivity contribution in [2.75, 3.05) is 18.4 Å². The van der Waals surface area contributed by atoms with Crippen LogP contribution in [0.15, 0.2) is 55.1 Å². The summed E-state index contributed by atoms with van der Waals surface area (Å²) in [5.41, 5.74) is 10.3. The van der Waals surface area contributed by atoms with Crippen LogP contribution in [0.4, 0.5) is 5.82 Å². The average molecular weight is 462 g/mol. The molecule has 0 unspecified atom stereocenters. The lowest BCUT2D eigenvalue weighted by atomic mass is 10.1. The Balaban J connectivity index is 1.56. The van der Waals surface area contributed by atoms with Crippen LogP contribution in [0, 0.1) is 0 Å². The first-order valence-corrected chi connectivity index (χ1v) is 11.3. The van der Waals surface area contributed by atoms with E-state index in [4.69, 9.17) is 22.3 Å². The van der Waals surface area contributed by atoms with Gasteiger partial charge in [-0.1, -0.05) is 17.7 Å². The van der Waals surface area contributed by atoms with Gasteiger partial charge in [0.15, 0.2) is 11.5 Å². The van der Waals surface area contributed by atoms with Gasteiger partial charge in [0.05, 0.1) is 28.2 Å². The van der Waals surface area contributed by atoms with Crippen molar-refractivity contribution in [3.8, 4) is 22.5 Å². The summed E-state index contributed by atoms with van der Waals surface area (Å²) < 4.78 is 1.99. The molecule has 0 atom stereocenters. The molecule has 1 fully saturated rings. The van der Waals surface area contributed by atoms with Crippen molar-refractivity contribution in [2.45, 2.75) is 25.3 Å². The van der Waals surface area contributed by atoms with Crippen LogP contribution in [-0.2, 0) is 0 Å². The van der Waals surface area contributed by atoms with Crippen molar-refractivity contribution in [1.29, 1.82) is 0 Å². The van der Waals surface area contributed by atoms with Gasteiger partial charge >= 0.3 is 0 Å². The number of nitrogens with two attached hydrogens (primary N) is 1. The molecule has 0 bridgehead atoms. The number of rotatable bonds is 8. The average Bonchev–Trinajstić information content (AvgIpc) is 3.54. The molecule has 0 aliphatic heterocycles. The fourth-order valence-electron chi connectivity index (χ4n) is 3.64. The van der Waals surface area contributed by atoms with E-state index in [0.717, 1.165) is 41.8 Å². The molecule has 1 amide bonds. The highest BCUT2D eigenvalue weighted by Crippen LogP contribution is 2.30. The highest BCUT2D eigenvalue weighted by atomic mass is 35.5. The van der Waals surface area contributed by atoms with Crippen molar-refractivity contribution in [2.24, 2.45) is 5.73 Å². The van der Waals surface area contributed by atoms with Crippen molar-refractivity contribution in [3.05, 3.63) is 65.7 Å². The van der Waals surface area contributed by atoms with Gasteiger partial charge < -0.3 is 16.4 Å². The highest BCUT2D eigenvalue weighted by Gasteiger charge is 2.25. The Kier molecular flexibility index (Phi) is 5.93. The third-order valence-electron chi connectivity index (χ3n) is 5.56. The van der Waals surface area contributed by atoms with Crippen LogP contribution in [0.5, 0.6) is 0 Å². The van der Waals surface area contributed by atoms with E-state index < -0.39 is 0 Å². The fraction of sp³-hybridized carbons (Fsp3) is 0.250. The number of halogens is 1. The van der Waals surface area contributed by atoms with Crippen molar-refractivity contribution in [1.82, 2.24) is 24.7 Å². The molecule has 1 aliphatic rings. The Morgan fingerprint density at radius 1 is 1.18 bits per heavy atom. The molecule has 9 heteroatoms. The molecule has 5 rings (SSSR count). The van der Waals surface area contributed by atoms with Gasteiger partial charge in [-0.05, 0) is 50.1 Å². The molecular weight excluding hydrogens is 438 g/mol. The highest BCUT2D eigenvalue weighted by molar-refractivity contribution is 6.34. The molecule has 3 heterocycles. The number of anilines is 1. The van der Waals surface area contributed by atoms with Gasteiger partial charge in [-0.2, -0.15) is 0 Å². The summed E-state index contributed by atoms with van der Waals surface area (Å²) in [7, 11) is 0. The number of hydrogen-bond acceptors (Lipinski definition) is 6. The van der Waals surface area contributed by atoms with E-state index in [-0.39, 0.29) is 11.9 Å². The number of carbonyl (C=O) groups is 1. The molecule has 8 nitrogen and oxygen atoms in total.